The van der Waals surface area contributed by atoms with Crippen molar-refractivity contribution in [2.75, 3.05) is 7.11 Å². The van der Waals surface area contributed by atoms with Crippen molar-refractivity contribution in [2.24, 2.45) is 0 Å². The molecule has 0 aliphatic rings. The lowest BCUT2D eigenvalue weighted by atomic mass is 10.2. The topological polar surface area (TPSA) is 77.9 Å². The highest BCUT2D eigenvalue weighted by molar-refractivity contribution is 5.88. The third kappa shape index (κ3) is 5.15. The van der Waals surface area contributed by atoms with Crippen LogP contribution < -0.4 is 14.2 Å². The number of rotatable bonds is 5. The molecule has 0 spiro atoms. The number of pyridine rings is 1. The summed E-state index contributed by atoms with van der Waals surface area (Å²) in [5.74, 6) is -3.82. The number of carbonyl (C=O) groups is 1. The van der Waals surface area contributed by atoms with Gasteiger partial charge in [0.15, 0.2) is 22.9 Å². The average molecular weight is 397 g/mol. The summed E-state index contributed by atoms with van der Waals surface area (Å²) < 4.78 is 88.8. The molecule has 146 valence electrons. The quantitative estimate of drug-likeness (QED) is 0.749. The van der Waals surface area contributed by atoms with Crippen LogP contribution >= 0.6 is 0 Å². The molecule has 0 unspecified atom stereocenters. The van der Waals surface area contributed by atoms with Gasteiger partial charge in [0.2, 0.25) is 0 Å². The Labute approximate surface area is 146 Å². The van der Waals surface area contributed by atoms with Crippen molar-refractivity contribution in [3.8, 4) is 23.0 Å². The lowest BCUT2D eigenvalue weighted by Crippen LogP contribution is -2.17. The van der Waals surface area contributed by atoms with Crippen molar-refractivity contribution >= 4 is 5.97 Å². The number of carboxylic acid groups (broad SMARTS) is 1. The first-order chi connectivity index (χ1) is 12.4. The van der Waals surface area contributed by atoms with Crippen molar-refractivity contribution in [3.05, 3.63) is 41.7 Å². The summed E-state index contributed by atoms with van der Waals surface area (Å²) in [7, 11) is 1.06. The number of aromatic carboxylic acids is 1. The van der Waals surface area contributed by atoms with Crippen LogP contribution in [0.1, 0.15) is 16.1 Å². The third-order valence-corrected chi connectivity index (χ3v) is 2.97. The van der Waals surface area contributed by atoms with Crippen LogP contribution in [0.15, 0.2) is 30.5 Å². The van der Waals surface area contributed by atoms with Crippen molar-refractivity contribution in [3.63, 3.8) is 0 Å². The number of hydrogen-bond acceptors (Lipinski definition) is 5. The maximum atomic E-state index is 12.8. The van der Waals surface area contributed by atoms with Gasteiger partial charge < -0.3 is 19.3 Å². The first-order valence-corrected chi connectivity index (χ1v) is 6.83. The molecule has 12 heteroatoms. The molecular formula is C15H9F6NO5. The van der Waals surface area contributed by atoms with E-state index in [-0.39, 0.29) is 11.5 Å². The van der Waals surface area contributed by atoms with E-state index in [2.05, 4.69) is 9.72 Å². The smallest absolute Gasteiger partial charge is 0.493 e. The van der Waals surface area contributed by atoms with Gasteiger partial charge >= 0.3 is 18.5 Å². The van der Waals surface area contributed by atoms with E-state index < -0.39 is 41.3 Å². The van der Waals surface area contributed by atoms with Gasteiger partial charge in [0.25, 0.3) is 0 Å². The Kier molecular flexibility index (Phi) is 5.38. The van der Waals surface area contributed by atoms with E-state index in [1.807, 2.05) is 0 Å². The van der Waals surface area contributed by atoms with E-state index in [1.165, 1.54) is 0 Å². The Bertz CT molecular complexity index is 850. The first-order valence-electron chi connectivity index (χ1n) is 6.83. The third-order valence-electron chi connectivity index (χ3n) is 2.97. The number of aromatic nitrogens is 1. The maximum Gasteiger partial charge on any atom is 0.573 e. The SMILES string of the molecule is COc1cc(OC(F)(F)F)ccc1Oc1cc(C(F)(F)F)cnc1C(=O)O. The number of carboxylic acids is 1. The second kappa shape index (κ2) is 7.21. The van der Waals surface area contributed by atoms with Crippen molar-refractivity contribution in [2.45, 2.75) is 12.5 Å². The number of ether oxygens (including phenoxy) is 3. The van der Waals surface area contributed by atoms with Crippen LogP contribution in [-0.2, 0) is 6.18 Å². The zero-order valence-corrected chi connectivity index (χ0v) is 13.2. The molecule has 0 saturated carbocycles. The summed E-state index contributed by atoms with van der Waals surface area (Å²) in [6, 6.07) is 2.89. The van der Waals surface area contributed by atoms with Gasteiger partial charge in [-0.05, 0) is 18.2 Å². The minimum Gasteiger partial charge on any atom is -0.493 e. The zero-order chi connectivity index (χ0) is 20.4. The van der Waals surface area contributed by atoms with Crippen LogP contribution in [0.2, 0.25) is 0 Å². The van der Waals surface area contributed by atoms with Gasteiger partial charge in [-0.15, -0.1) is 13.2 Å². The van der Waals surface area contributed by atoms with E-state index in [0.717, 1.165) is 25.3 Å². The average Bonchev–Trinajstić information content (AvgIpc) is 2.53. The van der Waals surface area contributed by atoms with E-state index in [4.69, 9.17) is 14.6 Å². The van der Waals surface area contributed by atoms with Crippen LogP contribution in [0.4, 0.5) is 26.3 Å². The Morgan fingerprint density at radius 2 is 1.70 bits per heavy atom. The highest BCUT2D eigenvalue weighted by atomic mass is 19.4. The monoisotopic (exact) mass is 397 g/mol. The van der Waals surface area contributed by atoms with Crippen molar-refractivity contribution in [1.82, 2.24) is 4.98 Å². The van der Waals surface area contributed by atoms with Crippen LogP contribution in [0.25, 0.3) is 0 Å². The molecule has 0 amide bonds. The molecule has 0 radical (unpaired) electrons. The normalized spacial score (nSPS) is 11.8. The zero-order valence-electron chi connectivity index (χ0n) is 13.2. The Morgan fingerprint density at radius 1 is 1.04 bits per heavy atom. The molecule has 27 heavy (non-hydrogen) atoms. The molecule has 6 nitrogen and oxygen atoms in total. The van der Waals surface area contributed by atoms with Crippen molar-refractivity contribution in [1.29, 1.82) is 0 Å². The maximum absolute atomic E-state index is 12.8. The van der Waals surface area contributed by atoms with Gasteiger partial charge in [-0.25, -0.2) is 9.78 Å². The summed E-state index contributed by atoms with van der Waals surface area (Å²) in [6.45, 7) is 0. The fraction of sp³-hybridized carbons (Fsp3) is 0.200. The highest BCUT2D eigenvalue weighted by Crippen LogP contribution is 2.39. The van der Waals surface area contributed by atoms with E-state index in [0.29, 0.717) is 12.3 Å². The number of halogens is 6. The van der Waals surface area contributed by atoms with Gasteiger partial charge in [-0.1, -0.05) is 0 Å². The van der Waals surface area contributed by atoms with Crippen LogP contribution in [-0.4, -0.2) is 29.5 Å². The summed E-state index contributed by atoms with van der Waals surface area (Å²) in [5.41, 5.74) is -2.11. The van der Waals surface area contributed by atoms with Gasteiger partial charge in [0.05, 0.1) is 12.7 Å². The molecule has 1 aromatic carbocycles. The number of nitrogens with zero attached hydrogens (tertiary/aromatic N) is 1. The Balaban J connectivity index is 2.44. The van der Waals surface area contributed by atoms with Gasteiger partial charge in [-0.2, -0.15) is 13.2 Å². The van der Waals surface area contributed by atoms with Crippen molar-refractivity contribution < 1.29 is 50.5 Å². The standard InChI is InChI=1S/C15H9F6NO5/c1-25-10-5-8(27-15(19,20)21)2-3-9(10)26-11-4-7(14(16,17)18)6-22-12(11)13(23)24/h2-6H,1H3,(H,23,24). The number of methoxy groups -OCH3 is 1. The summed E-state index contributed by atoms with van der Waals surface area (Å²) in [5, 5.41) is 9.04. The lowest BCUT2D eigenvalue weighted by Gasteiger charge is -2.15. The molecule has 0 aliphatic heterocycles. The van der Waals surface area contributed by atoms with Gasteiger partial charge in [-0.3, -0.25) is 0 Å². The molecule has 2 rings (SSSR count). The van der Waals surface area contributed by atoms with E-state index in [1.54, 1.807) is 0 Å². The van der Waals surface area contributed by atoms with E-state index in [9.17, 15) is 31.1 Å². The minimum absolute atomic E-state index is 0.313. The fourth-order valence-corrected chi connectivity index (χ4v) is 1.89. The van der Waals surface area contributed by atoms with Gasteiger partial charge in [0.1, 0.15) is 5.75 Å². The van der Waals surface area contributed by atoms with Crippen LogP contribution in [0.5, 0.6) is 23.0 Å². The fourth-order valence-electron chi connectivity index (χ4n) is 1.89. The second-order valence-electron chi connectivity index (χ2n) is 4.84. The predicted molar refractivity (Wildman–Crippen MR) is 75.9 cm³/mol. The number of alkyl halides is 6. The molecule has 0 fully saturated rings. The predicted octanol–water partition coefficient (Wildman–Crippen LogP) is 4.50. The van der Waals surface area contributed by atoms with E-state index >= 15 is 0 Å². The molecule has 0 saturated heterocycles. The molecule has 0 aliphatic carbocycles. The van der Waals surface area contributed by atoms with Crippen LogP contribution in [0.3, 0.4) is 0 Å². The summed E-state index contributed by atoms with van der Waals surface area (Å²) in [6.07, 6.45) is -9.49. The number of hydrogen-bond donors (Lipinski definition) is 1. The first kappa shape index (κ1) is 20.1. The van der Waals surface area contributed by atoms with Gasteiger partial charge in [0, 0.05) is 12.3 Å². The lowest BCUT2D eigenvalue weighted by molar-refractivity contribution is -0.274. The Hall–Kier alpha value is -3.18. The molecule has 0 atom stereocenters. The number of benzene rings is 1. The molecule has 1 aromatic heterocycles. The highest BCUT2D eigenvalue weighted by Gasteiger charge is 2.33. The Morgan fingerprint density at radius 3 is 2.22 bits per heavy atom. The second-order valence-corrected chi connectivity index (χ2v) is 4.84. The summed E-state index contributed by atoms with van der Waals surface area (Å²) >= 11 is 0. The molecule has 1 heterocycles. The largest absolute Gasteiger partial charge is 0.573 e. The molecule has 2 aromatic rings. The minimum atomic E-state index is -4.98. The molecule has 1 N–H and O–H groups in total. The molecular weight excluding hydrogens is 388 g/mol. The molecule has 0 bridgehead atoms. The van der Waals surface area contributed by atoms with Crippen LogP contribution in [0, 0.1) is 0 Å². The summed E-state index contributed by atoms with van der Waals surface area (Å²) in [4.78, 5) is 14.3.